The lowest BCUT2D eigenvalue weighted by Crippen LogP contribution is -2.61. The first kappa shape index (κ1) is 58.2. The van der Waals surface area contributed by atoms with Gasteiger partial charge in [0.1, 0.15) is 48.0 Å². The summed E-state index contributed by atoms with van der Waals surface area (Å²) in [6.07, 6.45) is -0.578. The number of nitrogens with zero attached hydrogens (tertiary/aromatic N) is 1. The molecule has 1 aromatic carbocycles. The number of ether oxygens (including phenoxy) is 1. The highest BCUT2D eigenvalue weighted by Gasteiger charge is 2.41. The molecule has 0 aliphatic carbocycles. The number of amides is 11. The molecule has 388 valence electrons. The molecule has 0 bridgehead atoms. The van der Waals surface area contributed by atoms with Gasteiger partial charge in [-0.25, -0.2) is 0 Å². The molecule has 2 aliphatic rings. The lowest BCUT2D eigenvalue weighted by molar-refractivity contribution is -0.142. The highest BCUT2D eigenvalue weighted by molar-refractivity contribution is 8.76. The van der Waals surface area contributed by atoms with E-state index in [9.17, 15) is 52.7 Å². The van der Waals surface area contributed by atoms with E-state index < -0.39 is 139 Å². The molecule has 26 heteroatoms. The largest absolute Gasteiger partial charge is 0.497 e. The minimum atomic E-state index is -1.74. The number of carbonyl (C=O) groups excluding carboxylic acids is 11. The van der Waals surface area contributed by atoms with Gasteiger partial charge in [-0.1, -0.05) is 67.8 Å². The van der Waals surface area contributed by atoms with Gasteiger partial charge in [0.25, 0.3) is 0 Å². The topological polar surface area (TPSA) is 389 Å². The van der Waals surface area contributed by atoms with Gasteiger partial charge in [-0.15, -0.1) is 0 Å². The van der Waals surface area contributed by atoms with Crippen LogP contribution in [0.1, 0.15) is 78.2 Å². The number of rotatable bonds is 18. The van der Waals surface area contributed by atoms with Crippen LogP contribution in [-0.2, 0) is 59.2 Å². The predicted molar refractivity (Wildman–Crippen MR) is 259 cm³/mol. The third kappa shape index (κ3) is 18.6. The second-order valence-corrected chi connectivity index (χ2v) is 20.1. The molecule has 0 saturated carbocycles. The summed E-state index contributed by atoms with van der Waals surface area (Å²) in [6, 6.07) is -4.06. The fraction of sp³-hybridized carbons (Fsp3) is 0.614. The monoisotopic (exact) mass is 1020 g/mol. The molecule has 2 heterocycles. The van der Waals surface area contributed by atoms with Gasteiger partial charge in [0.2, 0.25) is 65.0 Å². The van der Waals surface area contributed by atoms with Crippen molar-refractivity contribution in [2.24, 2.45) is 34.8 Å². The van der Waals surface area contributed by atoms with E-state index in [1.54, 1.807) is 38.1 Å². The van der Waals surface area contributed by atoms with Gasteiger partial charge >= 0.3 is 0 Å². The lowest BCUT2D eigenvalue weighted by atomic mass is 9.96. The summed E-state index contributed by atoms with van der Waals surface area (Å²) in [5.74, 6) is -9.62. The zero-order valence-electron chi connectivity index (χ0n) is 40.0. The molecule has 24 nitrogen and oxygen atoms in total. The maximum atomic E-state index is 14.5. The van der Waals surface area contributed by atoms with Crippen molar-refractivity contribution in [3.63, 3.8) is 0 Å². The molecule has 9 atom stereocenters. The maximum absolute atomic E-state index is 14.5. The number of primary amides is 3. The molecular formula is C44H68N12O12S2. The van der Waals surface area contributed by atoms with E-state index in [0.717, 1.165) is 21.6 Å². The van der Waals surface area contributed by atoms with Crippen LogP contribution in [0.25, 0.3) is 0 Å². The molecule has 0 radical (unpaired) electrons. The average Bonchev–Trinajstić information content (AvgIpc) is 3.80. The SMILES string of the molecule is CC[C@H](C)[C@@H]1NC(=O)[C@H](Cc2ccc(OC)cc2)NC(=O)[C@@H](N)CSSC[C@@H](C(=O)N2CCC[C@H]2C(=O)N[C@@H](CC(C)C)C(=O)NCC(N)=O)NC(=O)[C@H](CC(N)=O)NC(=O)C(CCC(N)=O)NC1=O. The Morgan fingerprint density at radius 3 is 2.00 bits per heavy atom. The summed E-state index contributed by atoms with van der Waals surface area (Å²) >= 11 is 0. The van der Waals surface area contributed by atoms with Crippen molar-refractivity contribution >= 4 is 86.6 Å². The summed E-state index contributed by atoms with van der Waals surface area (Å²) in [5, 5.41) is 18.0. The fourth-order valence-electron chi connectivity index (χ4n) is 7.47. The number of nitrogens with one attached hydrogen (secondary N) is 7. The first-order valence-corrected chi connectivity index (χ1v) is 25.4. The van der Waals surface area contributed by atoms with Crippen LogP contribution >= 0.6 is 21.6 Å². The Morgan fingerprint density at radius 2 is 1.40 bits per heavy atom. The van der Waals surface area contributed by atoms with Crippen molar-refractivity contribution in [2.75, 3.05) is 31.7 Å². The van der Waals surface area contributed by atoms with E-state index in [0.29, 0.717) is 24.2 Å². The van der Waals surface area contributed by atoms with Gasteiger partial charge < -0.3 is 69.8 Å². The first-order chi connectivity index (χ1) is 33.0. The molecular weight excluding hydrogens is 953 g/mol. The van der Waals surface area contributed by atoms with Crippen LogP contribution in [-0.4, -0.2) is 150 Å². The Balaban J connectivity index is 2.06. The molecule has 15 N–H and O–H groups in total. The number of carbonyl (C=O) groups is 11. The predicted octanol–water partition coefficient (Wildman–Crippen LogP) is -3.31. The molecule has 2 saturated heterocycles. The van der Waals surface area contributed by atoms with E-state index >= 15 is 0 Å². The van der Waals surface area contributed by atoms with Gasteiger partial charge in [-0.3, -0.25) is 52.7 Å². The van der Waals surface area contributed by atoms with E-state index in [2.05, 4.69) is 37.2 Å². The van der Waals surface area contributed by atoms with Crippen molar-refractivity contribution in [3.8, 4) is 5.75 Å². The molecule has 0 aromatic heterocycles. The van der Waals surface area contributed by atoms with Crippen LogP contribution in [0.3, 0.4) is 0 Å². The quantitative estimate of drug-likeness (QED) is 0.0642. The van der Waals surface area contributed by atoms with Crippen LogP contribution in [0, 0.1) is 11.8 Å². The lowest BCUT2D eigenvalue weighted by Gasteiger charge is -2.31. The van der Waals surface area contributed by atoms with Gasteiger partial charge in [0.15, 0.2) is 0 Å². The van der Waals surface area contributed by atoms with Crippen LogP contribution < -0.4 is 64.9 Å². The third-order valence-corrected chi connectivity index (χ3v) is 14.0. The van der Waals surface area contributed by atoms with Gasteiger partial charge in [-0.2, -0.15) is 0 Å². The van der Waals surface area contributed by atoms with E-state index in [-0.39, 0.29) is 49.7 Å². The van der Waals surface area contributed by atoms with Crippen LogP contribution in [0.4, 0.5) is 0 Å². The Kier molecular flexibility index (Phi) is 23.7. The second kappa shape index (κ2) is 28.5. The minimum Gasteiger partial charge on any atom is -0.497 e. The highest BCUT2D eigenvalue weighted by Crippen LogP contribution is 2.26. The number of nitrogens with two attached hydrogens (primary N) is 4. The maximum Gasteiger partial charge on any atom is 0.246 e. The number of likely N-dealkylation sites (tertiary alicyclic amines) is 1. The number of methoxy groups -OCH3 is 1. The van der Waals surface area contributed by atoms with Crippen LogP contribution in [0.5, 0.6) is 5.75 Å². The Labute approximate surface area is 414 Å². The summed E-state index contributed by atoms with van der Waals surface area (Å²) in [4.78, 5) is 148. The zero-order valence-corrected chi connectivity index (χ0v) is 41.7. The van der Waals surface area contributed by atoms with Gasteiger partial charge in [0.05, 0.1) is 26.1 Å². The van der Waals surface area contributed by atoms with Crippen LogP contribution in [0.15, 0.2) is 24.3 Å². The Morgan fingerprint density at radius 1 is 0.786 bits per heavy atom. The summed E-state index contributed by atoms with van der Waals surface area (Å²) in [5.41, 5.74) is 23.1. The minimum absolute atomic E-state index is 0.0458. The van der Waals surface area contributed by atoms with Crippen LogP contribution in [0.2, 0.25) is 0 Å². The smallest absolute Gasteiger partial charge is 0.246 e. The van der Waals surface area contributed by atoms with E-state index in [1.165, 1.54) is 12.0 Å². The Hall–Kier alpha value is -6.15. The van der Waals surface area contributed by atoms with Gasteiger partial charge in [0, 0.05) is 30.9 Å². The standard InChI is InChI=1S/C44H68N12O12S2/c1-6-23(4)36-43(66)50-27(13-14-33(46)57)39(62)52-30(18-34(47)58)40(63)54-31(44(67)56-15-7-8-32(56)42(65)53-28(16-22(2)3)38(61)49-19-35(48)59)21-70-69-20-26(45)37(60)51-29(41(64)55-36)17-24-9-11-25(68-5)12-10-24/h9-12,22-23,26-32,36H,6-8,13-21,45H2,1-5H3,(H2,46,57)(H2,47,58)(H2,48,59)(H,49,61)(H,50,66)(H,51,60)(H,52,62)(H,53,65)(H,54,63)(H,55,64)/t23-,26-,27?,28-,29-,30-,31-,32-,36-/m0/s1. The number of hydrogen-bond donors (Lipinski definition) is 11. The van der Waals surface area contributed by atoms with E-state index in [4.69, 9.17) is 27.7 Å². The molecule has 3 rings (SSSR count). The highest BCUT2D eigenvalue weighted by atomic mass is 33.1. The molecule has 0 spiro atoms. The zero-order chi connectivity index (χ0) is 52.2. The number of hydrogen-bond acceptors (Lipinski definition) is 15. The normalized spacial score (nSPS) is 24.1. The molecule has 11 amide bonds. The second-order valence-electron chi connectivity index (χ2n) is 17.6. The number of benzene rings is 1. The molecule has 2 fully saturated rings. The Bertz CT molecular complexity index is 2060. The first-order valence-electron chi connectivity index (χ1n) is 22.9. The van der Waals surface area contributed by atoms with Crippen molar-refractivity contribution in [2.45, 2.75) is 127 Å². The molecule has 2 aliphatic heterocycles. The fourth-order valence-corrected chi connectivity index (χ4v) is 9.75. The van der Waals surface area contributed by atoms with Crippen molar-refractivity contribution in [1.29, 1.82) is 0 Å². The van der Waals surface area contributed by atoms with Crippen molar-refractivity contribution in [3.05, 3.63) is 29.8 Å². The van der Waals surface area contributed by atoms with Crippen molar-refractivity contribution in [1.82, 2.24) is 42.1 Å². The summed E-state index contributed by atoms with van der Waals surface area (Å²) in [6.45, 7) is 6.65. The molecule has 1 unspecified atom stereocenters. The summed E-state index contributed by atoms with van der Waals surface area (Å²) < 4.78 is 5.25. The van der Waals surface area contributed by atoms with E-state index in [1.807, 2.05) is 13.8 Å². The summed E-state index contributed by atoms with van der Waals surface area (Å²) in [7, 11) is 3.56. The molecule has 70 heavy (non-hydrogen) atoms. The average molecular weight is 1020 g/mol. The third-order valence-electron chi connectivity index (χ3n) is 11.5. The van der Waals surface area contributed by atoms with Crippen molar-refractivity contribution < 1.29 is 57.5 Å². The van der Waals surface area contributed by atoms with Gasteiger partial charge in [-0.05, 0) is 55.2 Å². The molecule has 1 aromatic rings.